The Hall–Kier alpha value is -1.86. The van der Waals surface area contributed by atoms with Gasteiger partial charge in [0.1, 0.15) is 5.82 Å². The third kappa shape index (κ3) is 4.30. The van der Waals surface area contributed by atoms with Crippen LogP contribution in [0.5, 0.6) is 0 Å². The molecule has 0 saturated heterocycles. The van der Waals surface area contributed by atoms with Gasteiger partial charge >= 0.3 is 0 Å². The molecular formula is C13H9BrClFN2O3. The van der Waals surface area contributed by atoms with Crippen molar-refractivity contribution in [2.24, 2.45) is 0 Å². The number of halogens is 3. The smallest absolute Gasteiger partial charge is 0.287 e. The quantitative estimate of drug-likeness (QED) is 0.862. The average Bonchev–Trinajstić information content (AvgIpc) is 2.86. The molecule has 0 radical (unpaired) electrons. The van der Waals surface area contributed by atoms with Crippen LogP contribution in [0.1, 0.15) is 10.6 Å². The highest BCUT2D eigenvalue weighted by atomic mass is 79.9. The highest BCUT2D eigenvalue weighted by Crippen LogP contribution is 2.18. The number of amides is 2. The van der Waals surface area contributed by atoms with Crippen molar-refractivity contribution in [3.63, 3.8) is 0 Å². The van der Waals surface area contributed by atoms with Crippen molar-refractivity contribution in [2.75, 3.05) is 11.9 Å². The summed E-state index contributed by atoms with van der Waals surface area (Å²) in [6, 6.07) is 6.87. The van der Waals surface area contributed by atoms with Gasteiger partial charge < -0.3 is 15.1 Å². The van der Waals surface area contributed by atoms with E-state index >= 15 is 0 Å². The van der Waals surface area contributed by atoms with Gasteiger partial charge in [0, 0.05) is 5.02 Å². The fourth-order valence-corrected chi connectivity index (χ4v) is 1.93. The zero-order valence-electron chi connectivity index (χ0n) is 10.5. The SMILES string of the molecule is O=C(CNC(=O)c1ccc(Br)o1)Nc1ccc(Cl)cc1F. The molecule has 21 heavy (non-hydrogen) atoms. The van der Waals surface area contributed by atoms with Gasteiger partial charge in [0.25, 0.3) is 5.91 Å². The molecule has 2 rings (SSSR count). The highest BCUT2D eigenvalue weighted by molar-refractivity contribution is 9.10. The molecule has 2 amide bonds. The maximum absolute atomic E-state index is 13.5. The molecule has 0 aliphatic rings. The zero-order valence-corrected chi connectivity index (χ0v) is 12.8. The molecule has 8 heteroatoms. The number of nitrogens with one attached hydrogen (secondary N) is 2. The van der Waals surface area contributed by atoms with Crippen LogP contribution < -0.4 is 10.6 Å². The lowest BCUT2D eigenvalue weighted by atomic mass is 10.3. The molecule has 0 saturated carbocycles. The molecule has 1 aromatic carbocycles. The third-order valence-electron chi connectivity index (χ3n) is 2.41. The van der Waals surface area contributed by atoms with Crippen molar-refractivity contribution >= 4 is 45.0 Å². The predicted octanol–water partition coefficient (Wildman–Crippen LogP) is 3.20. The summed E-state index contributed by atoms with van der Waals surface area (Å²) in [4.78, 5) is 23.3. The monoisotopic (exact) mass is 374 g/mol. The second-order valence-electron chi connectivity index (χ2n) is 3.96. The van der Waals surface area contributed by atoms with Gasteiger partial charge in [0.2, 0.25) is 5.91 Å². The molecule has 1 aromatic heterocycles. The van der Waals surface area contributed by atoms with Crippen LogP contribution in [0.25, 0.3) is 0 Å². The first-order valence-electron chi connectivity index (χ1n) is 5.74. The molecule has 0 atom stereocenters. The van der Waals surface area contributed by atoms with Crippen LogP contribution in [0.2, 0.25) is 5.02 Å². The minimum atomic E-state index is -0.655. The van der Waals surface area contributed by atoms with Gasteiger partial charge in [-0.1, -0.05) is 11.6 Å². The molecule has 0 aliphatic carbocycles. The van der Waals surface area contributed by atoms with E-state index < -0.39 is 17.6 Å². The van der Waals surface area contributed by atoms with Crippen molar-refractivity contribution in [1.29, 1.82) is 0 Å². The Kier molecular flexibility index (Phi) is 4.98. The van der Waals surface area contributed by atoms with Crippen molar-refractivity contribution < 1.29 is 18.4 Å². The first-order chi connectivity index (χ1) is 9.95. The van der Waals surface area contributed by atoms with E-state index in [4.69, 9.17) is 16.0 Å². The lowest BCUT2D eigenvalue weighted by Gasteiger charge is -2.07. The molecule has 5 nitrogen and oxygen atoms in total. The fraction of sp³-hybridized carbons (Fsp3) is 0.0769. The van der Waals surface area contributed by atoms with E-state index in [1.165, 1.54) is 18.2 Å². The van der Waals surface area contributed by atoms with Crippen molar-refractivity contribution in [2.45, 2.75) is 0 Å². The maximum atomic E-state index is 13.5. The summed E-state index contributed by atoms with van der Waals surface area (Å²) >= 11 is 8.66. The third-order valence-corrected chi connectivity index (χ3v) is 3.07. The number of furan rings is 1. The van der Waals surface area contributed by atoms with Gasteiger partial charge in [-0.3, -0.25) is 9.59 Å². The van der Waals surface area contributed by atoms with E-state index in [9.17, 15) is 14.0 Å². The van der Waals surface area contributed by atoms with Gasteiger partial charge in [0.05, 0.1) is 12.2 Å². The number of hydrogen-bond acceptors (Lipinski definition) is 3. The normalized spacial score (nSPS) is 10.2. The predicted molar refractivity (Wildman–Crippen MR) is 78.8 cm³/mol. The Morgan fingerprint density at radius 1 is 1.29 bits per heavy atom. The molecule has 0 bridgehead atoms. The number of carbonyl (C=O) groups is 2. The van der Waals surface area contributed by atoms with Gasteiger partial charge in [-0.05, 0) is 46.3 Å². The summed E-state index contributed by atoms with van der Waals surface area (Å²) in [7, 11) is 0. The second-order valence-corrected chi connectivity index (χ2v) is 5.18. The molecule has 2 aromatic rings. The second kappa shape index (κ2) is 6.73. The molecule has 0 aliphatic heterocycles. The Morgan fingerprint density at radius 3 is 2.67 bits per heavy atom. The highest BCUT2D eigenvalue weighted by Gasteiger charge is 2.13. The molecule has 110 valence electrons. The van der Waals surface area contributed by atoms with Crippen LogP contribution in [-0.2, 0) is 4.79 Å². The Bertz CT molecular complexity index is 690. The molecule has 0 spiro atoms. The molecule has 1 heterocycles. The van der Waals surface area contributed by atoms with E-state index in [1.807, 2.05) is 0 Å². The average molecular weight is 376 g/mol. The van der Waals surface area contributed by atoms with Crippen LogP contribution in [-0.4, -0.2) is 18.4 Å². The summed E-state index contributed by atoms with van der Waals surface area (Å²) in [6.07, 6.45) is 0. The van der Waals surface area contributed by atoms with Crippen LogP contribution in [0, 0.1) is 5.82 Å². The summed E-state index contributed by atoms with van der Waals surface area (Å²) in [5, 5.41) is 4.90. The van der Waals surface area contributed by atoms with Gasteiger partial charge in [-0.25, -0.2) is 4.39 Å². The Labute approximate surface area is 132 Å². The van der Waals surface area contributed by atoms with Gasteiger partial charge in [-0.2, -0.15) is 0 Å². The number of carbonyl (C=O) groups excluding carboxylic acids is 2. The van der Waals surface area contributed by atoms with Crippen LogP contribution in [0.4, 0.5) is 10.1 Å². The van der Waals surface area contributed by atoms with E-state index in [0.717, 1.165) is 6.07 Å². The summed E-state index contributed by atoms with van der Waals surface area (Å²) in [5.74, 6) is -1.72. The van der Waals surface area contributed by atoms with Crippen molar-refractivity contribution in [1.82, 2.24) is 5.32 Å². The topological polar surface area (TPSA) is 71.3 Å². The number of benzene rings is 1. The van der Waals surface area contributed by atoms with E-state index in [-0.39, 0.29) is 23.0 Å². The maximum Gasteiger partial charge on any atom is 0.287 e. The summed E-state index contributed by atoms with van der Waals surface area (Å²) in [5.41, 5.74) is -0.0145. The number of hydrogen-bond donors (Lipinski definition) is 2. The van der Waals surface area contributed by atoms with E-state index in [1.54, 1.807) is 6.07 Å². The first-order valence-corrected chi connectivity index (χ1v) is 6.91. The standard InChI is InChI=1S/C13H9BrClFN2O3/c14-11-4-3-10(21-11)13(20)17-6-12(19)18-9-2-1-7(15)5-8(9)16/h1-5H,6H2,(H,17,20)(H,18,19). The molecule has 2 N–H and O–H groups in total. The van der Waals surface area contributed by atoms with Crippen LogP contribution >= 0.6 is 27.5 Å². The summed E-state index contributed by atoms with van der Waals surface area (Å²) in [6.45, 7) is -0.320. The molecule has 0 unspecified atom stereocenters. The zero-order chi connectivity index (χ0) is 15.4. The fourth-order valence-electron chi connectivity index (χ4n) is 1.47. The van der Waals surface area contributed by atoms with E-state index in [2.05, 4.69) is 26.6 Å². The van der Waals surface area contributed by atoms with Crippen LogP contribution in [0.3, 0.4) is 0 Å². The minimum Gasteiger partial charge on any atom is -0.444 e. The van der Waals surface area contributed by atoms with E-state index in [0.29, 0.717) is 4.67 Å². The Morgan fingerprint density at radius 2 is 2.05 bits per heavy atom. The van der Waals surface area contributed by atoms with Crippen molar-refractivity contribution in [3.8, 4) is 0 Å². The summed E-state index contributed by atoms with van der Waals surface area (Å²) < 4.78 is 18.9. The minimum absolute atomic E-state index is 0.0145. The molecular weight excluding hydrogens is 367 g/mol. The van der Waals surface area contributed by atoms with Crippen molar-refractivity contribution in [3.05, 3.63) is 51.6 Å². The largest absolute Gasteiger partial charge is 0.444 e. The lowest BCUT2D eigenvalue weighted by molar-refractivity contribution is -0.115. The first kappa shape index (κ1) is 15.5. The van der Waals surface area contributed by atoms with Crippen LogP contribution in [0.15, 0.2) is 39.4 Å². The number of anilines is 1. The van der Waals surface area contributed by atoms with Gasteiger partial charge in [-0.15, -0.1) is 0 Å². The lowest BCUT2D eigenvalue weighted by Crippen LogP contribution is -2.32. The Balaban J connectivity index is 1.89. The number of rotatable bonds is 4. The molecule has 0 fully saturated rings. The van der Waals surface area contributed by atoms with Gasteiger partial charge in [0.15, 0.2) is 10.4 Å².